The summed E-state index contributed by atoms with van der Waals surface area (Å²) in [6.45, 7) is 3.06. The molecule has 0 bridgehead atoms. The van der Waals surface area contributed by atoms with Crippen LogP contribution in [0.2, 0.25) is 0 Å². The van der Waals surface area contributed by atoms with Gasteiger partial charge in [-0.3, -0.25) is 4.79 Å². The SMILES string of the molecule is CCOc1ccccc1-c1nc(CC(=O)NCc2cccc(Br)c2)cs1. The number of hydrogen-bond acceptors (Lipinski definition) is 4. The van der Waals surface area contributed by atoms with Gasteiger partial charge in [0.25, 0.3) is 0 Å². The van der Waals surface area contributed by atoms with Gasteiger partial charge in [-0.1, -0.05) is 40.2 Å². The molecule has 26 heavy (non-hydrogen) atoms. The lowest BCUT2D eigenvalue weighted by Gasteiger charge is -2.07. The molecular formula is C20H19BrN2O2S. The normalized spacial score (nSPS) is 10.5. The number of benzene rings is 2. The summed E-state index contributed by atoms with van der Waals surface area (Å²) in [5.74, 6) is 0.773. The smallest absolute Gasteiger partial charge is 0.226 e. The highest BCUT2D eigenvalue weighted by Crippen LogP contribution is 2.32. The summed E-state index contributed by atoms with van der Waals surface area (Å²) in [7, 11) is 0. The zero-order valence-corrected chi connectivity index (χ0v) is 16.8. The van der Waals surface area contributed by atoms with Crippen molar-refractivity contribution in [3.63, 3.8) is 0 Å². The Morgan fingerprint density at radius 1 is 1.23 bits per heavy atom. The third-order valence-electron chi connectivity index (χ3n) is 3.69. The summed E-state index contributed by atoms with van der Waals surface area (Å²) in [5.41, 5.74) is 2.78. The number of ether oxygens (including phenoxy) is 1. The van der Waals surface area contributed by atoms with Crippen LogP contribution in [0.3, 0.4) is 0 Å². The van der Waals surface area contributed by atoms with Crippen LogP contribution < -0.4 is 10.1 Å². The fourth-order valence-corrected chi connectivity index (χ4v) is 3.81. The number of para-hydroxylation sites is 1. The van der Waals surface area contributed by atoms with Crippen molar-refractivity contribution in [2.24, 2.45) is 0 Å². The van der Waals surface area contributed by atoms with Gasteiger partial charge in [0.15, 0.2) is 0 Å². The van der Waals surface area contributed by atoms with Gasteiger partial charge in [0.2, 0.25) is 5.91 Å². The molecule has 0 radical (unpaired) electrons. The summed E-state index contributed by atoms with van der Waals surface area (Å²) >= 11 is 4.96. The van der Waals surface area contributed by atoms with E-state index in [2.05, 4.69) is 26.2 Å². The van der Waals surface area contributed by atoms with E-state index in [-0.39, 0.29) is 12.3 Å². The Labute approximate surface area is 165 Å². The summed E-state index contributed by atoms with van der Waals surface area (Å²) in [6.07, 6.45) is 0.265. The highest BCUT2D eigenvalue weighted by Gasteiger charge is 2.12. The number of nitrogens with one attached hydrogen (secondary N) is 1. The number of hydrogen-bond donors (Lipinski definition) is 1. The van der Waals surface area contributed by atoms with Crippen LogP contribution >= 0.6 is 27.3 Å². The molecule has 3 rings (SSSR count). The molecule has 134 valence electrons. The number of thiazole rings is 1. The Morgan fingerprint density at radius 3 is 2.88 bits per heavy atom. The van der Waals surface area contributed by atoms with E-state index in [1.54, 1.807) is 0 Å². The van der Waals surface area contributed by atoms with Gasteiger partial charge in [0.05, 0.1) is 24.3 Å². The van der Waals surface area contributed by atoms with E-state index >= 15 is 0 Å². The fourth-order valence-electron chi connectivity index (χ4n) is 2.51. The maximum atomic E-state index is 12.2. The van der Waals surface area contributed by atoms with Crippen LogP contribution in [0, 0.1) is 0 Å². The summed E-state index contributed by atoms with van der Waals surface area (Å²) < 4.78 is 6.66. The molecule has 1 heterocycles. The van der Waals surface area contributed by atoms with Gasteiger partial charge in [0, 0.05) is 16.4 Å². The van der Waals surface area contributed by atoms with E-state index in [9.17, 15) is 4.79 Å². The first-order valence-electron chi connectivity index (χ1n) is 8.33. The van der Waals surface area contributed by atoms with Gasteiger partial charge in [-0.15, -0.1) is 11.3 Å². The van der Waals surface area contributed by atoms with Gasteiger partial charge in [-0.2, -0.15) is 0 Å². The molecule has 1 aromatic heterocycles. The van der Waals surface area contributed by atoms with Crippen molar-refractivity contribution in [2.45, 2.75) is 19.9 Å². The Kier molecular flexibility index (Phi) is 6.41. The number of halogens is 1. The van der Waals surface area contributed by atoms with Gasteiger partial charge in [-0.05, 0) is 36.8 Å². The Balaban J connectivity index is 1.62. The van der Waals surface area contributed by atoms with Crippen molar-refractivity contribution < 1.29 is 9.53 Å². The predicted molar refractivity (Wildman–Crippen MR) is 108 cm³/mol. The van der Waals surface area contributed by atoms with E-state index < -0.39 is 0 Å². The van der Waals surface area contributed by atoms with E-state index in [0.717, 1.165) is 32.1 Å². The van der Waals surface area contributed by atoms with E-state index in [4.69, 9.17) is 4.74 Å². The monoisotopic (exact) mass is 430 g/mol. The average Bonchev–Trinajstić information content (AvgIpc) is 3.09. The molecule has 0 spiro atoms. The quantitative estimate of drug-likeness (QED) is 0.583. The predicted octanol–water partition coefficient (Wildman–Crippen LogP) is 4.83. The van der Waals surface area contributed by atoms with Crippen LogP contribution in [0.25, 0.3) is 10.6 Å². The van der Waals surface area contributed by atoms with Crippen LogP contribution in [0.15, 0.2) is 58.4 Å². The van der Waals surface area contributed by atoms with Crippen LogP contribution in [-0.2, 0) is 17.8 Å². The maximum absolute atomic E-state index is 12.2. The van der Waals surface area contributed by atoms with Gasteiger partial charge < -0.3 is 10.1 Å². The first-order valence-corrected chi connectivity index (χ1v) is 10.0. The highest BCUT2D eigenvalue weighted by molar-refractivity contribution is 9.10. The van der Waals surface area contributed by atoms with E-state index in [0.29, 0.717) is 13.2 Å². The van der Waals surface area contributed by atoms with E-state index in [1.165, 1.54) is 11.3 Å². The lowest BCUT2D eigenvalue weighted by molar-refractivity contribution is -0.120. The van der Waals surface area contributed by atoms with E-state index in [1.807, 2.05) is 60.8 Å². The van der Waals surface area contributed by atoms with Crippen molar-refractivity contribution in [3.05, 3.63) is 69.6 Å². The molecule has 2 aromatic carbocycles. The van der Waals surface area contributed by atoms with Crippen LogP contribution in [0.1, 0.15) is 18.2 Å². The average molecular weight is 431 g/mol. The first kappa shape index (κ1) is 18.6. The molecule has 1 N–H and O–H groups in total. The van der Waals surface area contributed by atoms with Crippen molar-refractivity contribution in [1.29, 1.82) is 0 Å². The molecular weight excluding hydrogens is 412 g/mol. The fraction of sp³-hybridized carbons (Fsp3) is 0.200. The number of carbonyl (C=O) groups excluding carboxylic acids is 1. The molecule has 0 saturated heterocycles. The Hall–Kier alpha value is -2.18. The number of carbonyl (C=O) groups is 1. The minimum atomic E-state index is -0.0417. The lowest BCUT2D eigenvalue weighted by Crippen LogP contribution is -2.24. The topological polar surface area (TPSA) is 51.2 Å². The van der Waals surface area contributed by atoms with Gasteiger partial charge in [-0.25, -0.2) is 4.98 Å². The lowest BCUT2D eigenvalue weighted by atomic mass is 10.2. The number of nitrogens with zero attached hydrogens (tertiary/aromatic N) is 1. The number of aromatic nitrogens is 1. The van der Waals surface area contributed by atoms with Crippen molar-refractivity contribution >= 4 is 33.2 Å². The molecule has 0 fully saturated rings. The minimum Gasteiger partial charge on any atom is -0.493 e. The largest absolute Gasteiger partial charge is 0.493 e. The summed E-state index contributed by atoms with van der Waals surface area (Å²) in [4.78, 5) is 16.8. The zero-order valence-electron chi connectivity index (χ0n) is 14.4. The second kappa shape index (κ2) is 8.96. The van der Waals surface area contributed by atoms with Crippen molar-refractivity contribution in [1.82, 2.24) is 10.3 Å². The minimum absolute atomic E-state index is 0.0417. The Bertz CT molecular complexity index is 895. The molecule has 6 heteroatoms. The molecule has 3 aromatic rings. The second-order valence-corrected chi connectivity index (χ2v) is 7.43. The second-order valence-electron chi connectivity index (χ2n) is 5.66. The molecule has 0 aliphatic rings. The van der Waals surface area contributed by atoms with Gasteiger partial charge in [0.1, 0.15) is 10.8 Å². The first-order chi connectivity index (χ1) is 12.7. The Morgan fingerprint density at radius 2 is 2.08 bits per heavy atom. The third kappa shape index (κ3) is 4.93. The standard InChI is InChI=1S/C20H19BrN2O2S/c1-2-25-18-9-4-3-8-17(18)20-23-16(13-26-20)11-19(24)22-12-14-6-5-7-15(21)10-14/h3-10,13H,2,11-12H2,1H3,(H,22,24). The molecule has 0 aliphatic carbocycles. The van der Waals surface area contributed by atoms with Crippen LogP contribution in [-0.4, -0.2) is 17.5 Å². The molecule has 0 unspecified atom stereocenters. The molecule has 4 nitrogen and oxygen atoms in total. The van der Waals surface area contributed by atoms with Crippen LogP contribution in [0.5, 0.6) is 5.75 Å². The molecule has 0 saturated carbocycles. The summed E-state index contributed by atoms with van der Waals surface area (Å²) in [6, 6.07) is 15.7. The molecule has 0 atom stereocenters. The number of amides is 1. The number of rotatable bonds is 7. The van der Waals surface area contributed by atoms with Crippen molar-refractivity contribution in [2.75, 3.05) is 6.61 Å². The molecule has 1 amide bonds. The summed E-state index contributed by atoms with van der Waals surface area (Å²) in [5, 5.41) is 5.73. The maximum Gasteiger partial charge on any atom is 0.226 e. The van der Waals surface area contributed by atoms with Crippen LogP contribution in [0.4, 0.5) is 0 Å². The molecule has 0 aliphatic heterocycles. The van der Waals surface area contributed by atoms with Crippen molar-refractivity contribution in [3.8, 4) is 16.3 Å². The van der Waals surface area contributed by atoms with Gasteiger partial charge >= 0.3 is 0 Å². The third-order valence-corrected chi connectivity index (χ3v) is 5.11. The zero-order chi connectivity index (χ0) is 18.4. The highest BCUT2D eigenvalue weighted by atomic mass is 79.9.